The van der Waals surface area contributed by atoms with Gasteiger partial charge in [-0.1, -0.05) is 71.9 Å². The molecule has 0 spiro atoms. The number of hydrogen-bond donors (Lipinski definition) is 1. The lowest BCUT2D eigenvalue weighted by Crippen LogP contribution is -2.89. The minimum Gasteiger partial charge on any atom is -0.224 e. The molecule has 0 unspecified atom stereocenters. The average molecular weight is 291 g/mol. The molecule has 0 saturated carbocycles. The number of anilines is 1. The Hall–Kier alpha value is -2.62. The number of rotatable bonds is 6. The van der Waals surface area contributed by atoms with E-state index in [1.165, 1.54) is 0 Å². The summed E-state index contributed by atoms with van der Waals surface area (Å²) in [5, 5.41) is 1.82. The zero-order chi connectivity index (χ0) is 15.0. The lowest BCUT2D eigenvalue weighted by atomic mass is 10.2. The molecule has 0 aliphatic carbocycles. The van der Waals surface area contributed by atoms with Crippen LogP contribution in [0.5, 0.6) is 0 Å². The zero-order valence-electron chi connectivity index (χ0n) is 12.3. The van der Waals surface area contributed by atoms with Crippen molar-refractivity contribution in [3.63, 3.8) is 0 Å². The second kappa shape index (κ2) is 7.41. The maximum atomic E-state index is 6.00. The van der Waals surface area contributed by atoms with Crippen molar-refractivity contribution >= 4 is 11.4 Å². The first kappa shape index (κ1) is 14.3. The van der Waals surface area contributed by atoms with E-state index in [-0.39, 0.29) is 0 Å². The number of para-hydroxylation sites is 1. The molecule has 3 aromatic carbocycles. The summed E-state index contributed by atoms with van der Waals surface area (Å²) in [5.74, 6) is 0. The summed E-state index contributed by atoms with van der Waals surface area (Å²) in [7, 11) is 0. The van der Waals surface area contributed by atoms with Gasteiger partial charge in [-0.3, -0.25) is 0 Å². The van der Waals surface area contributed by atoms with E-state index in [4.69, 9.17) is 4.84 Å². The Balaban J connectivity index is 1.74. The third-order valence-electron chi connectivity index (χ3n) is 3.29. The largest absolute Gasteiger partial charge is 0.224 e. The van der Waals surface area contributed by atoms with Crippen molar-refractivity contribution in [1.29, 1.82) is 0 Å². The van der Waals surface area contributed by atoms with E-state index in [0.29, 0.717) is 6.61 Å². The molecule has 0 heterocycles. The second-order valence-corrected chi connectivity index (χ2v) is 4.96. The summed E-state index contributed by atoms with van der Waals surface area (Å²) in [5.41, 5.74) is 5.24. The second-order valence-electron chi connectivity index (χ2n) is 4.96. The average Bonchev–Trinajstić information content (AvgIpc) is 2.61. The molecule has 0 aliphatic heterocycles. The molecule has 22 heavy (non-hydrogen) atoms. The SMILES string of the molecule is c1ccc(CON([NH2+]c2ccccc2)c2ccccc2)cc1. The predicted octanol–water partition coefficient (Wildman–Crippen LogP) is 3.43. The molecule has 0 radical (unpaired) electrons. The van der Waals surface area contributed by atoms with E-state index in [2.05, 4.69) is 24.3 Å². The van der Waals surface area contributed by atoms with Crippen LogP contribution in [0, 0.1) is 0 Å². The van der Waals surface area contributed by atoms with E-state index < -0.39 is 0 Å². The smallest absolute Gasteiger partial charge is 0.156 e. The highest BCUT2D eigenvalue weighted by Crippen LogP contribution is 2.12. The van der Waals surface area contributed by atoms with Crippen LogP contribution >= 0.6 is 0 Å². The Morgan fingerprint density at radius 1 is 0.682 bits per heavy atom. The van der Waals surface area contributed by atoms with Crippen molar-refractivity contribution in [2.75, 3.05) is 5.17 Å². The maximum absolute atomic E-state index is 6.00. The first-order chi connectivity index (χ1) is 10.9. The standard InChI is InChI=1S/C19H18N2O/c1-4-10-17(11-5-1)16-22-21(19-14-8-3-9-15-19)20-18-12-6-2-7-13-18/h1-15,20H,16H2/p+1. The van der Waals surface area contributed by atoms with Crippen LogP contribution in [0.2, 0.25) is 0 Å². The van der Waals surface area contributed by atoms with Crippen LogP contribution in [0.1, 0.15) is 5.56 Å². The maximum Gasteiger partial charge on any atom is 0.156 e. The van der Waals surface area contributed by atoms with Crippen LogP contribution in [-0.4, -0.2) is 0 Å². The van der Waals surface area contributed by atoms with E-state index in [1.807, 2.05) is 77.3 Å². The summed E-state index contributed by atoms with van der Waals surface area (Å²) < 4.78 is 0. The zero-order valence-corrected chi connectivity index (χ0v) is 12.3. The van der Waals surface area contributed by atoms with Crippen molar-refractivity contribution in [1.82, 2.24) is 0 Å². The van der Waals surface area contributed by atoms with Crippen LogP contribution in [0.15, 0.2) is 91.0 Å². The molecule has 0 atom stereocenters. The van der Waals surface area contributed by atoms with Gasteiger partial charge >= 0.3 is 0 Å². The van der Waals surface area contributed by atoms with Gasteiger partial charge in [0, 0.05) is 12.1 Å². The van der Waals surface area contributed by atoms with Gasteiger partial charge in [-0.2, -0.15) is 5.43 Å². The lowest BCUT2D eigenvalue weighted by Gasteiger charge is -2.20. The van der Waals surface area contributed by atoms with Crippen LogP contribution in [-0.2, 0) is 11.4 Å². The van der Waals surface area contributed by atoms with Crippen molar-refractivity contribution in [3.8, 4) is 0 Å². The van der Waals surface area contributed by atoms with Crippen molar-refractivity contribution in [2.24, 2.45) is 0 Å². The third kappa shape index (κ3) is 3.95. The molecule has 2 N–H and O–H groups in total. The van der Waals surface area contributed by atoms with Gasteiger partial charge in [0.2, 0.25) is 0 Å². The van der Waals surface area contributed by atoms with Crippen molar-refractivity contribution in [3.05, 3.63) is 96.6 Å². The molecule has 0 saturated heterocycles. The molecule has 0 aliphatic rings. The van der Waals surface area contributed by atoms with Gasteiger partial charge in [-0.15, -0.1) is 0 Å². The highest BCUT2D eigenvalue weighted by atomic mass is 16.7. The van der Waals surface area contributed by atoms with Gasteiger partial charge in [0.15, 0.2) is 5.69 Å². The topological polar surface area (TPSA) is 29.1 Å². The molecule has 0 amide bonds. The highest BCUT2D eigenvalue weighted by molar-refractivity contribution is 5.41. The molecule has 3 rings (SSSR count). The first-order valence-electron chi connectivity index (χ1n) is 7.33. The van der Waals surface area contributed by atoms with E-state index in [9.17, 15) is 0 Å². The number of nitrogens with zero attached hydrogens (tertiary/aromatic N) is 1. The molecule has 3 heteroatoms. The van der Waals surface area contributed by atoms with Gasteiger partial charge in [0.1, 0.15) is 12.3 Å². The number of hydrogen-bond acceptors (Lipinski definition) is 2. The van der Waals surface area contributed by atoms with Gasteiger partial charge < -0.3 is 0 Å². The summed E-state index contributed by atoms with van der Waals surface area (Å²) in [6.07, 6.45) is 0. The van der Waals surface area contributed by atoms with E-state index >= 15 is 0 Å². The minimum absolute atomic E-state index is 0.527. The number of benzene rings is 3. The lowest BCUT2D eigenvalue weighted by molar-refractivity contribution is -0.631. The van der Waals surface area contributed by atoms with E-state index in [1.54, 1.807) is 0 Å². The third-order valence-corrected chi connectivity index (χ3v) is 3.29. The molecule has 3 aromatic rings. The molecule has 0 bridgehead atoms. The Labute approximate surface area is 130 Å². The van der Waals surface area contributed by atoms with Crippen LogP contribution in [0.4, 0.5) is 11.4 Å². The van der Waals surface area contributed by atoms with Crippen molar-refractivity contribution in [2.45, 2.75) is 6.61 Å². The normalized spacial score (nSPS) is 10.4. The molecular weight excluding hydrogens is 272 g/mol. The summed E-state index contributed by atoms with van der Waals surface area (Å²) in [6, 6.07) is 30.4. The Bertz CT molecular complexity index is 672. The fraction of sp³-hybridized carbons (Fsp3) is 0.0526. The minimum atomic E-state index is 0.527. The highest BCUT2D eigenvalue weighted by Gasteiger charge is 2.11. The number of quaternary nitrogens is 1. The van der Waals surface area contributed by atoms with Crippen LogP contribution in [0.3, 0.4) is 0 Å². The summed E-state index contributed by atoms with van der Waals surface area (Å²) in [6.45, 7) is 0.527. The molecule has 3 nitrogen and oxygen atoms in total. The quantitative estimate of drug-likeness (QED) is 0.428. The summed E-state index contributed by atoms with van der Waals surface area (Å²) in [4.78, 5) is 6.00. The van der Waals surface area contributed by atoms with Crippen LogP contribution < -0.4 is 10.6 Å². The number of nitrogens with two attached hydrogens (primary N) is 1. The Morgan fingerprint density at radius 3 is 1.86 bits per heavy atom. The Morgan fingerprint density at radius 2 is 1.23 bits per heavy atom. The summed E-state index contributed by atoms with van der Waals surface area (Å²) >= 11 is 0. The fourth-order valence-corrected chi connectivity index (χ4v) is 2.15. The van der Waals surface area contributed by atoms with Crippen LogP contribution in [0.25, 0.3) is 0 Å². The monoisotopic (exact) mass is 291 g/mol. The van der Waals surface area contributed by atoms with Gasteiger partial charge in [0.25, 0.3) is 0 Å². The van der Waals surface area contributed by atoms with Gasteiger partial charge in [0.05, 0.1) is 0 Å². The van der Waals surface area contributed by atoms with Crippen molar-refractivity contribution < 1.29 is 10.3 Å². The van der Waals surface area contributed by atoms with Gasteiger partial charge in [-0.05, 0) is 17.7 Å². The molecular formula is C19H19N2O+. The molecule has 0 fully saturated rings. The van der Waals surface area contributed by atoms with Gasteiger partial charge in [-0.25, -0.2) is 4.84 Å². The fourth-order valence-electron chi connectivity index (χ4n) is 2.15. The Kier molecular flexibility index (Phi) is 4.82. The van der Waals surface area contributed by atoms with E-state index in [0.717, 1.165) is 16.9 Å². The molecule has 110 valence electrons. The predicted molar refractivity (Wildman–Crippen MR) is 88.2 cm³/mol. The molecule has 0 aromatic heterocycles. The first-order valence-corrected chi connectivity index (χ1v) is 7.33.